The van der Waals surface area contributed by atoms with E-state index in [1.807, 2.05) is 23.8 Å². The number of hydrogen-bond acceptors (Lipinski definition) is 5. The lowest BCUT2D eigenvalue weighted by molar-refractivity contribution is 0.105. The Morgan fingerprint density at radius 1 is 1.21 bits per heavy atom. The van der Waals surface area contributed by atoms with E-state index in [4.69, 9.17) is 9.84 Å². The second-order valence-electron chi connectivity index (χ2n) is 6.35. The van der Waals surface area contributed by atoms with E-state index in [9.17, 15) is 4.79 Å². The van der Waals surface area contributed by atoms with Crippen LogP contribution < -0.4 is 4.90 Å². The van der Waals surface area contributed by atoms with Crippen LogP contribution in [0.5, 0.6) is 0 Å². The molecular formula is C17H23N5O2. The third-order valence-corrected chi connectivity index (χ3v) is 4.90. The molecule has 1 aliphatic heterocycles. The van der Waals surface area contributed by atoms with Gasteiger partial charge in [0.15, 0.2) is 5.82 Å². The Morgan fingerprint density at radius 2 is 2.00 bits per heavy atom. The number of anilines is 1. The second kappa shape index (κ2) is 6.30. The van der Waals surface area contributed by atoms with Crippen LogP contribution in [-0.4, -0.2) is 58.4 Å². The number of aromatic nitrogens is 3. The quantitative estimate of drug-likeness (QED) is 0.842. The molecule has 0 radical (unpaired) electrons. The zero-order valence-corrected chi connectivity index (χ0v) is 14.1. The van der Waals surface area contributed by atoms with Crippen molar-refractivity contribution in [1.82, 2.24) is 19.5 Å². The smallest absolute Gasteiger partial charge is 0.409 e. The average molecular weight is 329 g/mol. The van der Waals surface area contributed by atoms with Gasteiger partial charge in [0.1, 0.15) is 5.52 Å². The number of ether oxygens (including phenoxy) is 1. The molecule has 1 fully saturated rings. The maximum atomic E-state index is 11.9. The van der Waals surface area contributed by atoms with E-state index < -0.39 is 0 Å². The van der Waals surface area contributed by atoms with Gasteiger partial charge in [-0.15, -0.1) is 0 Å². The third kappa shape index (κ3) is 2.57. The first-order chi connectivity index (χ1) is 11.8. The Hall–Kier alpha value is -2.31. The van der Waals surface area contributed by atoms with Gasteiger partial charge in [-0.05, 0) is 32.6 Å². The number of piperazine rings is 1. The van der Waals surface area contributed by atoms with E-state index in [0.29, 0.717) is 19.7 Å². The first-order valence-corrected chi connectivity index (χ1v) is 8.79. The number of carbonyl (C=O) groups excluding carboxylic acids is 1. The second-order valence-corrected chi connectivity index (χ2v) is 6.35. The molecule has 3 heterocycles. The van der Waals surface area contributed by atoms with Crippen molar-refractivity contribution in [3.8, 4) is 0 Å². The maximum Gasteiger partial charge on any atom is 0.409 e. The molecule has 1 amide bonds. The van der Waals surface area contributed by atoms with Crippen LogP contribution in [0.25, 0.3) is 5.52 Å². The molecule has 0 atom stereocenters. The maximum absolute atomic E-state index is 11.9. The molecule has 0 N–H and O–H groups in total. The predicted molar refractivity (Wildman–Crippen MR) is 90.4 cm³/mol. The third-order valence-electron chi connectivity index (χ3n) is 4.90. The zero-order valence-electron chi connectivity index (χ0n) is 14.1. The molecule has 0 bridgehead atoms. The summed E-state index contributed by atoms with van der Waals surface area (Å²) in [4.78, 5) is 20.5. The molecular weight excluding hydrogens is 306 g/mol. The first kappa shape index (κ1) is 15.2. The molecule has 1 saturated heterocycles. The van der Waals surface area contributed by atoms with Crippen molar-refractivity contribution in [2.75, 3.05) is 37.7 Å². The van der Waals surface area contributed by atoms with Gasteiger partial charge in [0.05, 0.1) is 12.3 Å². The summed E-state index contributed by atoms with van der Waals surface area (Å²) in [5.74, 6) is 0.997. The zero-order chi connectivity index (χ0) is 16.5. The average Bonchev–Trinajstić information content (AvgIpc) is 3.01. The lowest BCUT2D eigenvalue weighted by atomic mass is 9.97. The lowest BCUT2D eigenvalue weighted by Gasteiger charge is -2.35. The highest BCUT2D eigenvalue weighted by atomic mass is 16.6. The molecule has 1 aliphatic carbocycles. The molecule has 7 heteroatoms. The summed E-state index contributed by atoms with van der Waals surface area (Å²) >= 11 is 0. The van der Waals surface area contributed by atoms with Crippen molar-refractivity contribution in [2.45, 2.75) is 32.6 Å². The van der Waals surface area contributed by atoms with Crippen molar-refractivity contribution >= 4 is 17.4 Å². The molecule has 0 unspecified atom stereocenters. The van der Waals surface area contributed by atoms with Crippen LogP contribution >= 0.6 is 0 Å². The predicted octanol–water partition coefficient (Wildman–Crippen LogP) is 1.89. The number of amides is 1. The number of hydrogen-bond donors (Lipinski definition) is 0. The fraction of sp³-hybridized carbons (Fsp3) is 0.588. The number of fused-ring (bicyclic) bond motifs is 3. The Balaban J connectivity index is 1.59. The summed E-state index contributed by atoms with van der Waals surface area (Å²) in [6, 6.07) is 0. The van der Waals surface area contributed by atoms with Crippen LogP contribution in [0.15, 0.2) is 12.4 Å². The highest BCUT2D eigenvalue weighted by Crippen LogP contribution is 2.30. The largest absolute Gasteiger partial charge is 0.450 e. The summed E-state index contributed by atoms with van der Waals surface area (Å²) in [6.45, 7) is 5.12. The van der Waals surface area contributed by atoms with Gasteiger partial charge in [0.2, 0.25) is 0 Å². The standard InChI is InChI=1S/C17H23N5O2/c1-2-24-17(23)21-11-9-20(10-12-21)16-15-13-5-3-4-6-14(13)19-22(15)8-7-18-16/h7-8H,2-6,9-12H2,1H3. The van der Waals surface area contributed by atoms with Crippen molar-refractivity contribution in [3.63, 3.8) is 0 Å². The molecule has 7 nitrogen and oxygen atoms in total. The van der Waals surface area contributed by atoms with Crippen LogP contribution in [0.1, 0.15) is 31.0 Å². The molecule has 2 aromatic rings. The number of carbonyl (C=O) groups is 1. The van der Waals surface area contributed by atoms with E-state index in [-0.39, 0.29) is 6.09 Å². The molecule has 2 aromatic heterocycles. The molecule has 4 rings (SSSR count). The summed E-state index contributed by atoms with van der Waals surface area (Å²) < 4.78 is 7.08. The van der Waals surface area contributed by atoms with Gasteiger partial charge in [0.25, 0.3) is 0 Å². The monoisotopic (exact) mass is 329 g/mol. The minimum atomic E-state index is -0.218. The van der Waals surface area contributed by atoms with Gasteiger partial charge in [-0.1, -0.05) is 0 Å². The fourth-order valence-corrected chi connectivity index (χ4v) is 3.69. The molecule has 128 valence electrons. The summed E-state index contributed by atoms with van der Waals surface area (Å²) in [6.07, 6.45) is 8.12. The van der Waals surface area contributed by atoms with Crippen molar-refractivity contribution < 1.29 is 9.53 Å². The van der Waals surface area contributed by atoms with E-state index >= 15 is 0 Å². The van der Waals surface area contributed by atoms with Crippen LogP contribution in [0.4, 0.5) is 10.6 Å². The minimum absolute atomic E-state index is 0.218. The highest BCUT2D eigenvalue weighted by Gasteiger charge is 2.26. The van der Waals surface area contributed by atoms with Crippen LogP contribution in [0.2, 0.25) is 0 Å². The normalized spacial score (nSPS) is 17.9. The first-order valence-electron chi connectivity index (χ1n) is 8.79. The molecule has 0 saturated carbocycles. The number of aryl methyl sites for hydroxylation is 2. The Kier molecular flexibility index (Phi) is 4.00. The highest BCUT2D eigenvalue weighted by molar-refractivity contribution is 5.75. The fourth-order valence-electron chi connectivity index (χ4n) is 3.69. The molecule has 2 aliphatic rings. The van der Waals surface area contributed by atoms with E-state index in [2.05, 4.69) is 9.88 Å². The topological polar surface area (TPSA) is 63.0 Å². The van der Waals surface area contributed by atoms with Crippen molar-refractivity contribution in [3.05, 3.63) is 23.7 Å². The van der Waals surface area contributed by atoms with Gasteiger partial charge in [-0.25, -0.2) is 14.3 Å². The summed E-state index contributed by atoms with van der Waals surface area (Å²) in [7, 11) is 0. The van der Waals surface area contributed by atoms with Crippen molar-refractivity contribution in [1.29, 1.82) is 0 Å². The Bertz CT molecular complexity index is 749. The summed E-state index contributed by atoms with van der Waals surface area (Å²) in [5, 5.41) is 4.74. The van der Waals surface area contributed by atoms with Crippen LogP contribution in [0.3, 0.4) is 0 Å². The van der Waals surface area contributed by atoms with E-state index in [1.54, 1.807) is 4.90 Å². The summed E-state index contributed by atoms with van der Waals surface area (Å²) in [5.41, 5.74) is 3.73. The van der Waals surface area contributed by atoms with Crippen LogP contribution in [-0.2, 0) is 17.6 Å². The van der Waals surface area contributed by atoms with Crippen LogP contribution in [0, 0.1) is 0 Å². The van der Waals surface area contributed by atoms with Gasteiger partial charge in [0, 0.05) is 44.1 Å². The number of nitrogens with zero attached hydrogens (tertiary/aromatic N) is 5. The minimum Gasteiger partial charge on any atom is -0.450 e. The molecule has 0 spiro atoms. The lowest BCUT2D eigenvalue weighted by Crippen LogP contribution is -2.49. The molecule has 0 aromatic carbocycles. The van der Waals surface area contributed by atoms with E-state index in [1.165, 1.54) is 24.1 Å². The van der Waals surface area contributed by atoms with Crippen molar-refractivity contribution in [2.24, 2.45) is 0 Å². The van der Waals surface area contributed by atoms with E-state index in [0.717, 1.165) is 37.3 Å². The van der Waals surface area contributed by atoms with Gasteiger partial charge < -0.3 is 14.5 Å². The van der Waals surface area contributed by atoms with Gasteiger partial charge in [-0.2, -0.15) is 5.10 Å². The Labute approximate surface area is 141 Å². The number of rotatable bonds is 2. The Morgan fingerprint density at radius 3 is 2.79 bits per heavy atom. The van der Waals surface area contributed by atoms with Gasteiger partial charge in [-0.3, -0.25) is 0 Å². The van der Waals surface area contributed by atoms with Gasteiger partial charge >= 0.3 is 6.09 Å². The molecule has 24 heavy (non-hydrogen) atoms. The SMILES string of the molecule is CCOC(=O)N1CCN(c2nccn3nc4c(c23)CCCC4)CC1.